The van der Waals surface area contributed by atoms with E-state index in [-0.39, 0.29) is 5.75 Å². The maximum absolute atomic E-state index is 12.9. The van der Waals surface area contributed by atoms with Gasteiger partial charge in [0.25, 0.3) is 0 Å². The third kappa shape index (κ3) is 2.40. The number of methoxy groups -OCH3 is 1. The number of likely N-dealkylation sites (N-methyl/N-ethyl adjacent to an activating group) is 1. The van der Waals surface area contributed by atoms with Gasteiger partial charge in [0.15, 0.2) is 11.6 Å². The Kier molecular flexibility index (Phi) is 3.79. The molecule has 1 heterocycles. The number of ether oxygens (including phenoxy) is 1. The lowest BCUT2D eigenvalue weighted by atomic mass is 10.2. The number of nitrogens with zero attached hydrogens (tertiary/aromatic N) is 1. The van der Waals surface area contributed by atoms with Gasteiger partial charge in [0.2, 0.25) is 0 Å². The first kappa shape index (κ1) is 10.9. The van der Waals surface area contributed by atoms with E-state index in [1.165, 1.54) is 13.2 Å². The fourth-order valence-electron chi connectivity index (χ4n) is 1.07. The van der Waals surface area contributed by atoms with E-state index in [2.05, 4.69) is 10.3 Å². The van der Waals surface area contributed by atoms with Crippen LogP contribution in [-0.2, 0) is 0 Å². The largest absolute Gasteiger partial charge is 0.494 e. The lowest BCUT2D eigenvalue weighted by Crippen LogP contribution is -2.17. The van der Waals surface area contributed by atoms with Gasteiger partial charge in [0.1, 0.15) is 6.10 Å². The quantitative estimate of drug-likeness (QED) is 0.742. The van der Waals surface area contributed by atoms with E-state index in [1.807, 2.05) is 0 Å². The summed E-state index contributed by atoms with van der Waals surface area (Å²) >= 11 is 0. The molecule has 1 atom stereocenters. The summed E-state index contributed by atoms with van der Waals surface area (Å²) in [6.07, 6.45) is 0.280. The molecule has 1 aromatic rings. The van der Waals surface area contributed by atoms with E-state index in [9.17, 15) is 9.50 Å². The molecule has 0 spiro atoms. The van der Waals surface area contributed by atoms with Gasteiger partial charge < -0.3 is 15.2 Å². The van der Waals surface area contributed by atoms with Crippen molar-refractivity contribution in [2.45, 2.75) is 6.10 Å². The summed E-state index contributed by atoms with van der Waals surface area (Å²) in [5.74, 6) is -0.446. The molecule has 5 heteroatoms. The molecule has 1 aromatic heterocycles. The van der Waals surface area contributed by atoms with Gasteiger partial charge in [-0.25, -0.2) is 4.39 Å². The first-order chi connectivity index (χ1) is 6.69. The van der Waals surface area contributed by atoms with Crippen LogP contribution >= 0.6 is 0 Å². The van der Waals surface area contributed by atoms with Crippen LogP contribution in [0.15, 0.2) is 12.3 Å². The highest BCUT2D eigenvalue weighted by Gasteiger charge is 2.11. The van der Waals surface area contributed by atoms with Crippen LogP contribution in [0.5, 0.6) is 5.75 Å². The second-order valence-electron chi connectivity index (χ2n) is 2.82. The molecule has 14 heavy (non-hydrogen) atoms. The van der Waals surface area contributed by atoms with E-state index < -0.39 is 11.9 Å². The van der Waals surface area contributed by atoms with Gasteiger partial charge in [-0.15, -0.1) is 0 Å². The highest BCUT2D eigenvalue weighted by molar-refractivity contribution is 5.25. The summed E-state index contributed by atoms with van der Waals surface area (Å²) in [6.45, 7) is 0.363. The molecule has 0 radical (unpaired) electrons. The molecule has 1 unspecified atom stereocenters. The predicted molar refractivity (Wildman–Crippen MR) is 49.6 cm³/mol. The number of halogens is 1. The molecule has 0 aliphatic carbocycles. The molecule has 2 N–H and O–H groups in total. The molecule has 0 fully saturated rings. The fourth-order valence-corrected chi connectivity index (χ4v) is 1.07. The standard InChI is InChI=1S/C9H13FN2O2/c1-11-5-8(13)7-3-9(14-2)6(10)4-12-7/h3-4,8,11,13H,5H2,1-2H3. The Morgan fingerprint density at radius 1 is 1.71 bits per heavy atom. The average Bonchev–Trinajstić information content (AvgIpc) is 2.19. The highest BCUT2D eigenvalue weighted by Crippen LogP contribution is 2.19. The molecular weight excluding hydrogens is 187 g/mol. The number of aliphatic hydroxyl groups excluding tert-OH is 1. The second-order valence-corrected chi connectivity index (χ2v) is 2.82. The Morgan fingerprint density at radius 2 is 2.43 bits per heavy atom. The molecule has 0 saturated heterocycles. The zero-order chi connectivity index (χ0) is 10.6. The van der Waals surface area contributed by atoms with Crippen molar-refractivity contribution in [1.82, 2.24) is 10.3 Å². The minimum absolute atomic E-state index is 0.0881. The first-order valence-electron chi connectivity index (χ1n) is 4.21. The van der Waals surface area contributed by atoms with E-state index in [4.69, 9.17) is 4.74 Å². The Labute approximate surface area is 81.7 Å². The van der Waals surface area contributed by atoms with Crippen LogP contribution in [0.2, 0.25) is 0 Å². The number of pyridine rings is 1. The van der Waals surface area contributed by atoms with Crippen LogP contribution in [0.4, 0.5) is 4.39 Å². The third-order valence-electron chi connectivity index (χ3n) is 1.80. The van der Waals surface area contributed by atoms with E-state index in [0.717, 1.165) is 6.20 Å². The van der Waals surface area contributed by atoms with Gasteiger partial charge in [0, 0.05) is 12.6 Å². The summed E-state index contributed by atoms with van der Waals surface area (Å²) in [6, 6.07) is 1.39. The smallest absolute Gasteiger partial charge is 0.183 e. The maximum atomic E-state index is 12.9. The minimum Gasteiger partial charge on any atom is -0.494 e. The Balaban J connectivity index is 2.88. The number of rotatable bonds is 4. The molecule has 4 nitrogen and oxygen atoms in total. The number of nitrogens with one attached hydrogen (secondary N) is 1. The second kappa shape index (κ2) is 4.88. The number of hydrogen-bond donors (Lipinski definition) is 2. The van der Waals surface area contributed by atoms with Crippen molar-refractivity contribution < 1.29 is 14.2 Å². The molecule has 0 aromatic carbocycles. The molecule has 0 aliphatic heterocycles. The van der Waals surface area contributed by atoms with E-state index in [0.29, 0.717) is 12.2 Å². The van der Waals surface area contributed by atoms with Crippen molar-refractivity contribution >= 4 is 0 Å². The van der Waals surface area contributed by atoms with Crippen molar-refractivity contribution in [3.8, 4) is 5.75 Å². The highest BCUT2D eigenvalue weighted by atomic mass is 19.1. The third-order valence-corrected chi connectivity index (χ3v) is 1.80. The molecular formula is C9H13FN2O2. The first-order valence-corrected chi connectivity index (χ1v) is 4.21. The zero-order valence-corrected chi connectivity index (χ0v) is 8.12. The Bertz CT molecular complexity index is 307. The van der Waals surface area contributed by atoms with Crippen molar-refractivity contribution in [3.05, 3.63) is 23.8 Å². The summed E-state index contributed by atoms with van der Waals surface area (Å²) in [5.41, 5.74) is 0.387. The normalized spacial score (nSPS) is 12.6. The van der Waals surface area contributed by atoms with Crippen LogP contribution in [-0.4, -0.2) is 30.8 Å². The average molecular weight is 200 g/mol. The van der Waals surface area contributed by atoms with Crippen LogP contribution in [0.1, 0.15) is 11.8 Å². The Hall–Kier alpha value is -1.20. The van der Waals surface area contributed by atoms with Crippen molar-refractivity contribution in [2.24, 2.45) is 0 Å². The van der Waals surface area contributed by atoms with Gasteiger partial charge in [-0.3, -0.25) is 4.98 Å². The SMILES string of the molecule is CNCC(O)c1cc(OC)c(F)cn1. The molecule has 1 rings (SSSR count). The monoisotopic (exact) mass is 200 g/mol. The van der Waals surface area contributed by atoms with Crippen LogP contribution in [0, 0.1) is 5.82 Å². The van der Waals surface area contributed by atoms with Crippen LogP contribution in [0.25, 0.3) is 0 Å². The van der Waals surface area contributed by atoms with Gasteiger partial charge in [-0.1, -0.05) is 0 Å². The number of hydrogen-bond acceptors (Lipinski definition) is 4. The van der Waals surface area contributed by atoms with E-state index in [1.54, 1.807) is 7.05 Å². The summed E-state index contributed by atoms with van der Waals surface area (Å²) in [7, 11) is 3.08. The molecule has 78 valence electrons. The van der Waals surface area contributed by atoms with Crippen molar-refractivity contribution in [2.75, 3.05) is 20.7 Å². The van der Waals surface area contributed by atoms with Crippen molar-refractivity contribution in [1.29, 1.82) is 0 Å². The summed E-state index contributed by atoms with van der Waals surface area (Å²) < 4.78 is 17.7. The number of aliphatic hydroxyl groups is 1. The van der Waals surface area contributed by atoms with Gasteiger partial charge in [-0.2, -0.15) is 0 Å². The lowest BCUT2D eigenvalue weighted by molar-refractivity contribution is 0.172. The van der Waals surface area contributed by atoms with Gasteiger partial charge in [0.05, 0.1) is 19.0 Å². The van der Waals surface area contributed by atoms with Gasteiger partial charge >= 0.3 is 0 Å². The lowest BCUT2D eigenvalue weighted by Gasteiger charge is -2.10. The molecule has 0 aliphatic rings. The van der Waals surface area contributed by atoms with Crippen molar-refractivity contribution in [3.63, 3.8) is 0 Å². The Morgan fingerprint density at radius 3 is 3.00 bits per heavy atom. The van der Waals surface area contributed by atoms with Gasteiger partial charge in [-0.05, 0) is 7.05 Å². The summed E-state index contributed by atoms with van der Waals surface area (Å²) in [5, 5.41) is 12.3. The molecule has 0 bridgehead atoms. The zero-order valence-electron chi connectivity index (χ0n) is 8.12. The maximum Gasteiger partial charge on any atom is 0.183 e. The number of aromatic nitrogens is 1. The molecule has 0 amide bonds. The minimum atomic E-state index is -0.755. The fraction of sp³-hybridized carbons (Fsp3) is 0.444. The van der Waals surface area contributed by atoms with Crippen LogP contribution < -0.4 is 10.1 Å². The topological polar surface area (TPSA) is 54.4 Å². The molecule has 0 saturated carbocycles. The summed E-state index contributed by atoms with van der Waals surface area (Å²) in [4.78, 5) is 3.76. The van der Waals surface area contributed by atoms with Crippen LogP contribution in [0.3, 0.4) is 0 Å². The van der Waals surface area contributed by atoms with E-state index >= 15 is 0 Å². The predicted octanol–water partition coefficient (Wildman–Crippen LogP) is 0.482.